The molecular formula is C6H9NO2. The van der Waals surface area contributed by atoms with Crippen LogP contribution in [0.3, 0.4) is 0 Å². The first kappa shape index (κ1) is 6.13. The molecule has 0 amide bonds. The van der Waals surface area contributed by atoms with E-state index in [-0.39, 0.29) is 5.76 Å². The number of oxazole rings is 1. The van der Waals surface area contributed by atoms with Gasteiger partial charge >= 0.3 is 5.76 Å². The Morgan fingerprint density at radius 1 is 1.67 bits per heavy atom. The van der Waals surface area contributed by atoms with Crippen LogP contribution < -0.4 is 5.76 Å². The summed E-state index contributed by atoms with van der Waals surface area (Å²) in [5.74, 6) is 0.340. The highest BCUT2D eigenvalue weighted by atomic mass is 16.4. The summed E-state index contributed by atoms with van der Waals surface area (Å²) in [6.07, 6.45) is 0.817. The fraction of sp³-hybridized carbons (Fsp3) is 0.500. The second kappa shape index (κ2) is 2.09. The molecule has 0 aliphatic carbocycles. The van der Waals surface area contributed by atoms with Crippen molar-refractivity contribution in [3.8, 4) is 0 Å². The number of aryl methyl sites for hydroxylation is 2. The molecule has 1 aromatic rings. The third-order valence-corrected chi connectivity index (χ3v) is 1.28. The lowest BCUT2D eigenvalue weighted by Gasteiger charge is -1.85. The molecule has 1 N–H and O–H groups in total. The molecule has 0 saturated carbocycles. The standard InChI is InChI=1S/C6H9NO2/c1-3-5-4(2)9-6(8)7-5/h3H2,1-2H3,(H,7,8). The molecule has 3 nitrogen and oxygen atoms in total. The van der Waals surface area contributed by atoms with Gasteiger partial charge in [0.15, 0.2) is 0 Å². The Labute approximate surface area is 52.7 Å². The predicted octanol–water partition coefficient (Wildman–Crippen LogP) is 0.839. The molecule has 1 heterocycles. The maximum Gasteiger partial charge on any atom is 0.416 e. The lowest BCUT2D eigenvalue weighted by Crippen LogP contribution is -1.95. The van der Waals surface area contributed by atoms with Crippen molar-refractivity contribution < 1.29 is 4.42 Å². The third kappa shape index (κ3) is 1.04. The van der Waals surface area contributed by atoms with Crippen molar-refractivity contribution in [2.24, 2.45) is 0 Å². The minimum Gasteiger partial charge on any atom is -0.413 e. The Kier molecular flexibility index (Phi) is 1.42. The van der Waals surface area contributed by atoms with E-state index in [1.165, 1.54) is 0 Å². The average molecular weight is 127 g/mol. The highest BCUT2D eigenvalue weighted by Crippen LogP contribution is 1.99. The zero-order valence-corrected chi connectivity index (χ0v) is 5.52. The topological polar surface area (TPSA) is 46.0 Å². The maximum atomic E-state index is 10.4. The minimum atomic E-state index is -0.357. The van der Waals surface area contributed by atoms with Crippen LogP contribution in [0.15, 0.2) is 9.21 Å². The van der Waals surface area contributed by atoms with E-state index >= 15 is 0 Å². The van der Waals surface area contributed by atoms with E-state index in [1.807, 2.05) is 6.92 Å². The molecular weight excluding hydrogens is 118 g/mol. The van der Waals surface area contributed by atoms with Crippen molar-refractivity contribution in [3.63, 3.8) is 0 Å². The van der Waals surface area contributed by atoms with E-state index in [0.29, 0.717) is 5.76 Å². The molecule has 0 aromatic carbocycles. The lowest BCUT2D eigenvalue weighted by molar-refractivity contribution is 0.487. The van der Waals surface area contributed by atoms with Crippen molar-refractivity contribution in [1.82, 2.24) is 4.98 Å². The third-order valence-electron chi connectivity index (χ3n) is 1.28. The largest absolute Gasteiger partial charge is 0.416 e. The number of rotatable bonds is 1. The van der Waals surface area contributed by atoms with Gasteiger partial charge in [-0.15, -0.1) is 0 Å². The Hall–Kier alpha value is -0.990. The van der Waals surface area contributed by atoms with Crippen molar-refractivity contribution in [2.75, 3.05) is 0 Å². The Morgan fingerprint density at radius 2 is 2.33 bits per heavy atom. The number of hydrogen-bond acceptors (Lipinski definition) is 2. The predicted molar refractivity (Wildman–Crippen MR) is 33.4 cm³/mol. The smallest absolute Gasteiger partial charge is 0.413 e. The molecule has 0 atom stereocenters. The van der Waals surface area contributed by atoms with Crippen LogP contribution in [0.2, 0.25) is 0 Å². The molecule has 1 rings (SSSR count). The van der Waals surface area contributed by atoms with Crippen LogP contribution in [0.25, 0.3) is 0 Å². The second-order valence-electron chi connectivity index (χ2n) is 1.90. The monoisotopic (exact) mass is 127 g/mol. The molecule has 3 heteroatoms. The number of aromatic nitrogens is 1. The summed E-state index contributed by atoms with van der Waals surface area (Å²) in [6, 6.07) is 0. The van der Waals surface area contributed by atoms with Gasteiger partial charge in [0, 0.05) is 0 Å². The van der Waals surface area contributed by atoms with Crippen LogP contribution >= 0.6 is 0 Å². The van der Waals surface area contributed by atoms with E-state index < -0.39 is 0 Å². The molecule has 0 radical (unpaired) electrons. The van der Waals surface area contributed by atoms with E-state index in [1.54, 1.807) is 6.92 Å². The van der Waals surface area contributed by atoms with Gasteiger partial charge in [-0.1, -0.05) is 6.92 Å². The molecule has 0 saturated heterocycles. The van der Waals surface area contributed by atoms with Crippen LogP contribution in [-0.2, 0) is 6.42 Å². The van der Waals surface area contributed by atoms with Crippen LogP contribution in [0.5, 0.6) is 0 Å². The first-order valence-corrected chi connectivity index (χ1v) is 2.92. The van der Waals surface area contributed by atoms with Crippen LogP contribution in [0.4, 0.5) is 0 Å². The first-order valence-electron chi connectivity index (χ1n) is 2.92. The van der Waals surface area contributed by atoms with Gasteiger partial charge in [-0.05, 0) is 13.3 Å². The first-order chi connectivity index (χ1) is 4.24. The fourth-order valence-electron chi connectivity index (χ4n) is 0.775. The van der Waals surface area contributed by atoms with Crippen LogP contribution in [0.1, 0.15) is 18.4 Å². The summed E-state index contributed by atoms with van der Waals surface area (Å²) in [6.45, 7) is 3.74. The van der Waals surface area contributed by atoms with Crippen molar-refractivity contribution in [2.45, 2.75) is 20.3 Å². The minimum absolute atomic E-state index is 0.357. The number of hydrogen-bond donors (Lipinski definition) is 1. The van der Waals surface area contributed by atoms with Crippen molar-refractivity contribution >= 4 is 0 Å². The number of nitrogens with one attached hydrogen (secondary N) is 1. The summed E-state index contributed by atoms with van der Waals surface area (Å²) in [5, 5.41) is 0. The van der Waals surface area contributed by atoms with Crippen molar-refractivity contribution in [3.05, 3.63) is 22.0 Å². The number of H-pyrrole nitrogens is 1. The molecule has 0 unspecified atom stereocenters. The molecule has 1 aromatic heterocycles. The van der Waals surface area contributed by atoms with E-state index in [4.69, 9.17) is 4.42 Å². The SMILES string of the molecule is CCc1[nH]c(=O)oc1C. The fourth-order valence-corrected chi connectivity index (χ4v) is 0.775. The molecule has 50 valence electrons. The summed E-state index contributed by atoms with van der Waals surface area (Å²) < 4.78 is 4.69. The Balaban J connectivity index is 3.16. The normalized spacial score (nSPS) is 10.0. The van der Waals surface area contributed by atoms with Crippen LogP contribution in [-0.4, -0.2) is 4.98 Å². The number of aromatic amines is 1. The summed E-state index contributed by atoms with van der Waals surface area (Å²) >= 11 is 0. The summed E-state index contributed by atoms with van der Waals surface area (Å²) in [5.41, 5.74) is 0.889. The Morgan fingerprint density at radius 3 is 2.56 bits per heavy atom. The second-order valence-corrected chi connectivity index (χ2v) is 1.90. The summed E-state index contributed by atoms with van der Waals surface area (Å²) in [7, 11) is 0. The van der Waals surface area contributed by atoms with Crippen LogP contribution in [0, 0.1) is 6.92 Å². The molecule has 9 heavy (non-hydrogen) atoms. The van der Waals surface area contributed by atoms with Crippen molar-refractivity contribution in [1.29, 1.82) is 0 Å². The summed E-state index contributed by atoms with van der Waals surface area (Å²) in [4.78, 5) is 13.0. The maximum absolute atomic E-state index is 10.4. The molecule has 0 spiro atoms. The van der Waals surface area contributed by atoms with E-state index in [0.717, 1.165) is 12.1 Å². The zero-order valence-electron chi connectivity index (χ0n) is 5.52. The zero-order chi connectivity index (χ0) is 6.85. The van der Waals surface area contributed by atoms with Gasteiger partial charge in [0.25, 0.3) is 0 Å². The highest BCUT2D eigenvalue weighted by Gasteiger charge is 1.99. The molecule has 0 aliphatic rings. The highest BCUT2D eigenvalue weighted by molar-refractivity contribution is 5.03. The van der Waals surface area contributed by atoms with Gasteiger partial charge in [0.1, 0.15) is 5.76 Å². The van der Waals surface area contributed by atoms with Gasteiger partial charge in [0.2, 0.25) is 0 Å². The molecule has 0 fully saturated rings. The van der Waals surface area contributed by atoms with Gasteiger partial charge in [-0.25, -0.2) is 4.79 Å². The Bertz CT molecular complexity index is 246. The van der Waals surface area contributed by atoms with Gasteiger partial charge < -0.3 is 4.42 Å². The van der Waals surface area contributed by atoms with E-state index in [2.05, 4.69) is 4.98 Å². The quantitative estimate of drug-likeness (QED) is 0.607. The average Bonchev–Trinajstić information content (AvgIpc) is 2.10. The van der Waals surface area contributed by atoms with Gasteiger partial charge in [-0.3, -0.25) is 4.98 Å². The van der Waals surface area contributed by atoms with E-state index in [9.17, 15) is 4.79 Å². The van der Waals surface area contributed by atoms with Gasteiger partial charge in [-0.2, -0.15) is 0 Å². The molecule has 0 aliphatic heterocycles. The molecule has 0 bridgehead atoms. The lowest BCUT2D eigenvalue weighted by atomic mass is 10.3. The van der Waals surface area contributed by atoms with Gasteiger partial charge in [0.05, 0.1) is 5.69 Å².